The summed E-state index contributed by atoms with van der Waals surface area (Å²) >= 11 is 0. The van der Waals surface area contributed by atoms with Crippen LogP contribution in [0.25, 0.3) is 0 Å². The first-order valence-electron chi connectivity index (χ1n) is 7.81. The molecule has 2 aromatic rings. The van der Waals surface area contributed by atoms with Crippen LogP contribution in [0.1, 0.15) is 35.3 Å². The molecule has 1 amide bonds. The number of aryl methyl sites for hydroxylation is 3. The van der Waals surface area contributed by atoms with Gasteiger partial charge in [0.1, 0.15) is 0 Å². The first-order chi connectivity index (χ1) is 11.8. The second kappa shape index (κ2) is 7.73. The van der Waals surface area contributed by atoms with Gasteiger partial charge in [0.05, 0.1) is 6.61 Å². The van der Waals surface area contributed by atoms with Crippen LogP contribution in [0.4, 0.5) is 10.7 Å². The summed E-state index contributed by atoms with van der Waals surface area (Å²) in [4.78, 5) is 26.0. The topological polar surface area (TPSA) is 99.4 Å². The third-order valence-corrected chi connectivity index (χ3v) is 3.54. The minimum Gasteiger partial charge on any atom is -0.435 e. The molecule has 25 heavy (non-hydrogen) atoms. The fourth-order valence-corrected chi connectivity index (χ4v) is 2.37. The molecule has 0 fully saturated rings. The van der Waals surface area contributed by atoms with Gasteiger partial charge in [0.15, 0.2) is 6.23 Å². The van der Waals surface area contributed by atoms with Crippen LogP contribution in [0.3, 0.4) is 0 Å². The van der Waals surface area contributed by atoms with Gasteiger partial charge in [-0.1, -0.05) is 22.8 Å². The highest BCUT2D eigenvalue weighted by atomic mass is 16.7. The van der Waals surface area contributed by atoms with Crippen molar-refractivity contribution in [2.75, 3.05) is 11.5 Å². The number of hydrogen-bond acceptors (Lipinski definition) is 7. The lowest BCUT2D eigenvalue weighted by atomic mass is 10.0. The summed E-state index contributed by atoms with van der Waals surface area (Å²) in [6, 6.07) is 5.46. The standard InChI is InChI=1S/C16H21N5O4/c1-6-24-16(23)25-12(4)21(15-17-18-19-20(15)5)14(22)13-8-7-10(2)9-11(13)3/h7-9,12H,6H2,1-5H3. The summed E-state index contributed by atoms with van der Waals surface area (Å²) in [5, 5.41) is 11.1. The van der Waals surface area contributed by atoms with Gasteiger partial charge in [0.25, 0.3) is 11.9 Å². The molecular weight excluding hydrogens is 326 g/mol. The maximum atomic E-state index is 13.1. The number of tetrazole rings is 1. The molecule has 0 saturated carbocycles. The Bertz CT molecular complexity index is 774. The number of ether oxygens (including phenoxy) is 2. The Morgan fingerprint density at radius 2 is 2.04 bits per heavy atom. The smallest absolute Gasteiger partial charge is 0.435 e. The molecule has 1 atom stereocenters. The molecule has 0 N–H and O–H groups in total. The number of rotatable bonds is 5. The van der Waals surface area contributed by atoms with Crippen molar-refractivity contribution < 1.29 is 19.1 Å². The summed E-state index contributed by atoms with van der Waals surface area (Å²) in [6.07, 6.45) is -1.83. The largest absolute Gasteiger partial charge is 0.510 e. The van der Waals surface area contributed by atoms with E-state index < -0.39 is 12.4 Å². The van der Waals surface area contributed by atoms with E-state index in [2.05, 4.69) is 15.5 Å². The van der Waals surface area contributed by atoms with Gasteiger partial charge >= 0.3 is 6.16 Å². The van der Waals surface area contributed by atoms with E-state index in [1.807, 2.05) is 26.0 Å². The molecule has 1 aromatic carbocycles. The maximum Gasteiger partial charge on any atom is 0.510 e. The Hall–Kier alpha value is -2.97. The average molecular weight is 347 g/mol. The first kappa shape index (κ1) is 18.4. The van der Waals surface area contributed by atoms with Crippen LogP contribution < -0.4 is 4.90 Å². The Balaban J connectivity index is 2.39. The number of aromatic nitrogens is 4. The third-order valence-electron chi connectivity index (χ3n) is 3.54. The molecule has 0 saturated heterocycles. The van der Waals surface area contributed by atoms with E-state index in [-0.39, 0.29) is 18.5 Å². The number of nitrogens with zero attached hydrogens (tertiary/aromatic N) is 5. The summed E-state index contributed by atoms with van der Waals surface area (Å²) in [7, 11) is 1.59. The van der Waals surface area contributed by atoms with E-state index in [0.717, 1.165) is 11.1 Å². The van der Waals surface area contributed by atoms with Crippen molar-refractivity contribution in [2.24, 2.45) is 7.05 Å². The summed E-state index contributed by atoms with van der Waals surface area (Å²) in [6.45, 7) is 7.16. The van der Waals surface area contributed by atoms with Gasteiger partial charge < -0.3 is 9.47 Å². The van der Waals surface area contributed by atoms with Crippen LogP contribution in [0.15, 0.2) is 18.2 Å². The molecular formula is C16H21N5O4. The zero-order valence-electron chi connectivity index (χ0n) is 14.9. The molecule has 1 aromatic heterocycles. The van der Waals surface area contributed by atoms with Crippen molar-refractivity contribution in [3.63, 3.8) is 0 Å². The van der Waals surface area contributed by atoms with Crippen molar-refractivity contribution in [2.45, 2.75) is 33.9 Å². The SMILES string of the molecule is CCOC(=O)OC(C)N(C(=O)c1ccc(C)cc1C)c1nnnn1C. The second-order valence-corrected chi connectivity index (χ2v) is 5.50. The molecule has 0 radical (unpaired) electrons. The van der Waals surface area contributed by atoms with Crippen LogP contribution >= 0.6 is 0 Å². The summed E-state index contributed by atoms with van der Waals surface area (Å²) in [5.41, 5.74) is 2.30. The molecule has 1 heterocycles. The molecule has 0 aliphatic carbocycles. The molecule has 2 rings (SSSR count). The van der Waals surface area contributed by atoms with Crippen molar-refractivity contribution >= 4 is 18.0 Å². The third kappa shape index (κ3) is 4.11. The van der Waals surface area contributed by atoms with Gasteiger partial charge in [-0.05, 0) is 49.8 Å². The molecule has 0 aliphatic heterocycles. The average Bonchev–Trinajstić information content (AvgIpc) is 2.93. The zero-order valence-corrected chi connectivity index (χ0v) is 14.9. The first-order valence-corrected chi connectivity index (χ1v) is 7.81. The van der Waals surface area contributed by atoms with Gasteiger partial charge in [-0.3, -0.25) is 4.79 Å². The zero-order chi connectivity index (χ0) is 18.6. The predicted octanol–water partition coefficient (Wildman–Crippen LogP) is 1.99. The van der Waals surface area contributed by atoms with E-state index >= 15 is 0 Å². The van der Waals surface area contributed by atoms with Crippen molar-refractivity contribution in [3.8, 4) is 0 Å². The summed E-state index contributed by atoms with van der Waals surface area (Å²) in [5.74, 6) is -0.228. The number of benzene rings is 1. The highest BCUT2D eigenvalue weighted by molar-refractivity contribution is 6.06. The van der Waals surface area contributed by atoms with E-state index in [0.29, 0.717) is 5.56 Å². The van der Waals surface area contributed by atoms with Crippen LogP contribution in [-0.4, -0.2) is 45.1 Å². The quantitative estimate of drug-likeness (QED) is 0.602. The molecule has 9 nitrogen and oxygen atoms in total. The van der Waals surface area contributed by atoms with E-state index in [9.17, 15) is 9.59 Å². The van der Waals surface area contributed by atoms with E-state index in [1.165, 1.54) is 9.58 Å². The highest BCUT2D eigenvalue weighted by Crippen LogP contribution is 2.20. The predicted molar refractivity (Wildman–Crippen MR) is 89.1 cm³/mol. The monoisotopic (exact) mass is 347 g/mol. The summed E-state index contributed by atoms with van der Waals surface area (Å²) < 4.78 is 11.3. The Morgan fingerprint density at radius 3 is 2.60 bits per heavy atom. The van der Waals surface area contributed by atoms with Gasteiger partial charge in [0.2, 0.25) is 0 Å². The molecule has 134 valence electrons. The van der Waals surface area contributed by atoms with Gasteiger partial charge in [0, 0.05) is 12.6 Å². The Labute approximate surface area is 145 Å². The normalized spacial score (nSPS) is 11.7. The van der Waals surface area contributed by atoms with Crippen molar-refractivity contribution in [1.82, 2.24) is 20.2 Å². The molecule has 1 unspecified atom stereocenters. The van der Waals surface area contributed by atoms with E-state index in [1.54, 1.807) is 27.0 Å². The Morgan fingerprint density at radius 1 is 1.32 bits per heavy atom. The van der Waals surface area contributed by atoms with Gasteiger partial charge in [-0.2, -0.15) is 0 Å². The molecule has 0 spiro atoms. The minimum absolute atomic E-state index is 0.154. The molecule has 9 heteroatoms. The molecule has 0 bridgehead atoms. The van der Waals surface area contributed by atoms with E-state index in [4.69, 9.17) is 9.47 Å². The fraction of sp³-hybridized carbons (Fsp3) is 0.438. The number of anilines is 1. The van der Waals surface area contributed by atoms with Crippen LogP contribution in [0.5, 0.6) is 0 Å². The number of carbonyl (C=O) groups excluding carboxylic acids is 2. The fourth-order valence-electron chi connectivity index (χ4n) is 2.37. The maximum absolute atomic E-state index is 13.1. The minimum atomic E-state index is -0.961. The van der Waals surface area contributed by atoms with Crippen molar-refractivity contribution in [1.29, 1.82) is 0 Å². The second-order valence-electron chi connectivity index (χ2n) is 5.50. The highest BCUT2D eigenvalue weighted by Gasteiger charge is 2.31. The van der Waals surface area contributed by atoms with Gasteiger partial charge in [-0.25, -0.2) is 14.4 Å². The lowest BCUT2D eigenvalue weighted by Crippen LogP contribution is -2.43. The van der Waals surface area contributed by atoms with Crippen LogP contribution in [0.2, 0.25) is 0 Å². The van der Waals surface area contributed by atoms with Crippen LogP contribution in [0, 0.1) is 13.8 Å². The van der Waals surface area contributed by atoms with Gasteiger partial charge in [-0.15, -0.1) is 0 Å². The lowest BCUT2D eigenvalue weighted by molar-refractivity contribution is 0.0300. The number of hydrogen-bond donors (Lipinski definition) is 0. The number of amides is 1. The molecule has 0 aliphatic rings. The lowest BCUT2D eigenvalue weighted by Gasteiger charge is -2.27. The van der Waals surface area contributed by atoms with Crippen LogP contribution in [-0.2, 0) is 16.5 Å². The Kier molecular flexibility index (Phi) is 5.68. The van der Waals surface area contributed by atoms with Crippen molar-refractivity contribution in [3.05, 3.63) is 34.9 Å². The number of carbonyl (C=O) groups is 2.